The van der Waals surface area contributed by atoms with Gasteiger partial charge in [-0.3, -0.25) is 0 Å². The van der Waals surface area contributed by atoms with Crippen molar-refractivity contribution in [1.82, 2.24) is 0 Å². The summed E-state index contributed by atoms with van der Waals surface area (Å²) < 4.78 is 1.09. The van der Waals surface area contributed by atoms with E-state index in [1.54, 1.807) is 0 Å². The highest BCUT2D eigenvalue weighted by Gasteiger charge is 2.40. The highest BCUT2D eigenvalue weighted by molar-refractivity contribution is 9.10. The van der Waals surface area contributed by atoms with Crippen molar-refractivity contribution in [2.75, 3.05) is 19.0 Å². The van der Waals surface area contributed by atoms with Gasteiger partial charge in [-0.2, -0.15) is 0 Å². The van der Waals surface area contributed by atoms with Crippen molar-refractivity contribution < 1.29 is 5.11 Å². The minimum atomic E-state index is -0.404. The molecule has 1 aromatic carbocycles. The zero-order chi connectivity index (χ0) is 11.1. The van der Waals surface area contributed by atoms with E-state index < -0.39 is 5.60 Å². The van der Waals surface area contributed by atoms with Crippen LogP contribution in [0.3, 0.4) is 0 Å². The van der Waals surface area contributed by atoms with Gasteiger partial charge in [-0.1, -0.05) is 6.07 Å². The Balaban J connectivity index is 2.17. The number of hydrogen-bond donors (Lipinski definition) is 1. The Morgan fingerprint density at radius 2 is 2.07 bits per heavy atom. The van der Waals surface area contributed by atoms with Crippen LogP contribution in [0, 0.1) is 0 Å². The smallest absolute Gasteiger partial charge is 0.0690 e. The summed E-state index contributed by atoms with van der Waals surface area (Å²) in [6.45, 7) is 0. The highest BCUT2D eigenvalue weighted by Crippen LogP contribution is 2.39. The van der Waals surface area contributed by atoms with Crippen LogP contribution in [0.25, 0.3) is 0 Å². The minimum absolute atomic E-state index is 0.404. The van der Waals surface area contributed by atoms with Crippen molar-refractivity contribution in [2.45, 2.75) is 24.9 Å². The first-order valence-corrected chi connectivity index (χ1v) is 5.98. The largest absolute Gasteiger partial charge is 0.390 e. The molecule has 3 heteroatoms. The van der Waals surface area contributed by atoms with Crippen molar-refractivity contribution in [1.29, 1.82) is 0 Å². The molecule has 0 unspecified atom stereocenters. The molecule has 0 radical (unpaired) electrons. The molecule has 0 bridgehead atoms. The minimum Gasteiger partial charge on any atom is -0.390 e. The molecule has 0 saturated heterocycles. The second kappa shape index (κ2) is 3.80. The van der Waals surface area contributed by atoms with E-state index >= 15 is 0 Å². The topological polar surface area (TPSA) is 23.5 Å². The Labute approximate surface area is 99.0 Å². The first-order valence-electron chi connectivity index (χ1n) is 5.18. The molecule has 0 aromatic heterocycles. The average molecular weight is 270 g/mol. The normalized spacial score (nSPS) is 17.6. The summed E-state index contributed by atoms with van der Waals surface area (Å²) in [5.41, 5.74) is 1.97. The monoisotopic (exact) mass is 269 g/mol. The Hall–Kier alpha value is -0.540. The Morgan fingerprint density at radius 1 is 1.40 bits per heavy atom. The van der Waals surface area contributed by atoms with Gasteiger partial charge in [-0.25, -0.2) is 0 Å². The number of nitrogens with zero attached hydrogens (tertiary/aromatic N) is 1. The van der Waals surface area contributed by atoms with E-state index in [-0.39, 0.29) is 0 Å². The van der Waals surface area contributed by atoms with Gasteiger partial charge in [0.05, 0.1) is 11.3 Å². The van der Waals surface area contributed by atoms with E-state index in [2.05, 4.69) is 39.0 Å². The van der Waals surface area contributed by atoms with Crippen LogP contribution in [0.1, 0.15) is 18.4 Å². The van der Waals surface area contributed by atoms with Crippen molar-refractivity contribution in [3.8, 4) is 0 Å². The van der Waals surface area contributed by atoms with Gasteiger partial charge >= 0.3 is 0 Å². The predicted octanol–water partition coefficient (Wildman–Crippen LogP) is 2.58. The van der Waals surface area contributed by atoms with E-state index in [9.17, 15) is 5.11 Å². The fourth-order valence-electron chi connectivity index (χ4n) is 1.72. The first-order chi connectivity index (χ1) is 7.00. The number of rotatable bonds is 3. The summed E-state index contributed by atoms with van der Waals surface area (Å²) in [6.07, 6.45) is 2.67. The lowest BCUT2D eigenvalue weighted by molar-refractivity contribution is 0.151. The zero-order valence-electron chi connectivity index (χ0n) is 9.13. The van der Waals surface area contributed by atoms with Gasteiger partial charge in [0.25, 0.3) is 0 Å². The van der Waals surface area contributed by atoms with Crippen molar-refractivity contribution in [3.05, 3.63) is 28.2 Å². The summed E-state index contributed by atoms with van der Waals surface area (Å²) in [7, 11) is 4.04. The molecule has 1 fully saturated rings. The number of aliphatic hydroxyl groups is 1. The zero-order valence-corrected chi connectivity index (χ0v) is 10.7. The lowest BCUT2D eigenvalue weighted by Crippen LogP contribution is -2.12. The van der Waals surface area contributed by atoms with Crippen LogP contribution in [0.15, 0.2) is 22.7 Å². The second-order valence-electron chi connectivity index (χ2n) is 4.58. The number of benzene rings is 1. The van der Waals surface area contributed by atoms with Gasteiger partial charge in [0, 0.05) is 25.0 Å². The lowest BCUT2D eigenvalue weighted by atomic mass is 10.1. The Morgan fingerprint density at radius 3 is 2.53 bits per heavy atom. The van der Waals surface area contributed by atoms with Gasteiger partial charge < -0.3 is 10.0 Å². The molecule has 1 aromatic rings. The van der Waals surface area contributed by atoms with Crippen LogP contribution >= 0.6 is 15.9 Å². The maximum atomic E-state index is 9.83. The third kappa shape index (κ3) is 2.52. The summed E-state index contributed by atoms with van der Waals surface area (Å²) in [5, 5.41) is 9.83. The van der Waals surface area contributed by atoms with Gasteiger partial charge in [0.2, 0.25) is 0 Å². The molecule has 15 heavy (non-hydrogen) atoms. The van der Waals surface area contributed by atoms with Crippen LogP contribution in [0.2, 0.25) is 0 Å². The third-order valence-corrected chi connectivity index (χ3v) is 3.49. The van der Waals surface area contributed by atoms with Gasteiger partial charge in [-0.05, 0) is 46.5 Å². The lowest BCUT2D eigenvalue weighted by Gasteiger charge is -2.16. The SMILES string of the molecule is CN(C)c1ccc(CC2(O)CC2)cc1Br. The predicted molar refractivity (Wildman–Crippen MR) is 66.4 cm³/mol. The molecule has 1 aliphatic rings. The van der Waals surface area contributed by atoms with E-state index in [1.807, 2.05) is 14.1 Å². The van der Waals surface area contributed by atoms with Gasteiger partial charge in [-0.15, -0.1) is 0 Å². The Bertz CT molecular complexity index is 372. The van der Waals surface area contributed by atoms with Crippen molar-refractivity contribution in [2.24, 2.45) is 0 Å². The summed E-state index contributed by atoms with van der Waals surface area (Å²) in [6, 6.07) is 6.28. The molecule has 1 aliphatic carbocycles. The second-order valence-corrected chi connectivity index (χ2v) is 5.44. The highest BCUT2D eigenvalue weighted by atomic mass is 79.9. The summed E-state index contributed by atoms with van der Waals surface area (Å²) in [5.74, 6) is 0. The van der Waals surface area contributed by atoms with Gasteiger partial charge in [0.15, 0.2) is 0 Å². The quantitative estimate of drug-likeness (QED) is 0.912. The number of halogens is 1. The van der Waals surface area contributed by atoms with Crippen LogP contribution < -0.4 is 4.90 Å². The molecule has 0 heterocycles. The number of anilines is 1. The molecule has 0 aliphatic heterocycles. The fraction of sp³-hybridized carbons (Fsp3) is 0.500. The molecule has 0 amide bonds. The standard InChI is InChI=1S/C12H16BrNO/c1-14(2)11-4-3-9(7-10(11)13)8-12(15)5-6-12/h3-4,7,15H,5-6,8H2,1-2H3. The molecule has 1 N–H and O–H groups in total. The molecular formula is C12H16BrNO. The maximum absolute atomic E-state index is 9.83. The fourth-order valence-corrected chi connectivity index (χ4v) is 2.50. The van der Waals surface area contributed by atoms with E-state index in [1.165, 1.54) is 11.3 Å². The summed E-state index contributed by atoms with van der Waals surface area (Å²) >= 11 is 3.55. The van der Waals surface area contributed by atoms with E-state index in [4.69, 9.17) is 0 Å². The molecule has 1 saturated carbocycles. The molecule has 2 rings (SSSR count). The molecular weight excluding hydrogens is 254 g/mol. The third-order valence-electron chi connectivity index (χ3n) is 2.85. The molecule has 0 atom stereocenters. The first kappa shape index (κ1) is 11.0. The van der Waals surface area contributed by atoms with Crippen molar-refractivity contribution >= 4 is 21.6 Å². The van der Waals surface area contributed by atoms with Crippen LogP contribution in [0.4, 0.5) is 5.69 Å². The van der Waals surface area contributed by atoms with E-state index in [0.29, 0.717) is 0 Å². The van der Waals surface area contributed by atoms with Crippen molar-refractivity contribution in [3.63, 3.8) is 0 Å². The molecule has 0 spiro atoms. The number of hydrogen-bond acceptors (Lipinski definition) is 2. The van der Waals surface area contributed by atoms with Gasteiger partial charge in [0.1, 0.15) is 0 Å². The Kier molecular flexibility index (Phi) is 2.77. The van der Waals surface area contributed by atoms with Crippen LogP contribution in [-0.2, 0) is 6.42 Å². The van der Waals surface area contributed by atoms with E-state index in [0.717, 1.165) is 23.7 Å². The summed E-state index contributed by atoms with van der Waals surface area (Å²) in [4.78, 5) is 2.07. The van der Waals surface area contributed by atoms with Crippen LogP contribution in [0.5, 0.6) is 0 Å². The molecule has 2 nitrogen and oxygen atoms in total. The maximum Gasteiger partial charge on any atom is 0.0690 e. The average Bonchev–Trinajstić information content (AvgIpc) is 2.82. The molecule has 82 valence electrons. The van der Waals surface area contributed by atoms with Crippen LogP contribution in [-0.4, -0.2) is 24.8 Å².